The average Bonchev–Trinajstić information content (AvgIpc) is 3.00. The Kier molecular flexibility index (Phi) is 7.99. The summed E-state index contributed by atoms with van der Waals surface area (Å²) in [4.78, 5) is 26.1. The molecule has 0 radical (unpaired) electrons. The van der Waals surface area contributed by atoms with Gasteiger partial charge in [0.05, 0.1) is 0 Å². The fourth-order valence-electron chi connectivity index (χ4n) is 3.10. The Hall–Kier alpha value is -3.33. The fourth-order valence-corrected chi connectivity index (χ4v) is 3.10. The summed E-state index contributed by atoms with van der Waals surface area (Å²) >= 11 is 0. The van der Waals surface area contributed by atoms with Gasteiger partial charge in [0.25, 0.3) is 5.91 Å². The quantitative estimate of drug-likeness (QED) is 0.372. The van der Waals surface area contributed by atoms with Crippen LogP contribution in [0, 0.1) is 31.1 Å². The molecule has 1 aromatic carbocycles. The smallest absolute Gasteiger partial charge is 0.349 e. The van der Waals surface area contributed by atoms with Crippen LogP contribution in [0.15, 0.2) is 42.0 Å². The van der Waals surface area contributed by atoms with E-state index in [0.717, 1.165) is 29.9 Å². The topological polar surface area (TPSA) is 75.3 Å². The van der Waals surface area contributed by atoms with E-state index in [9.17, 15) is 14.9 Å². The summed E-state index contributed by atoms with van der Waals surface area (Å²) in [5, 5.41) is 9.43. The van der Waals surface area contributed by atoms with Crippen molar-refractivity contribution in [1.29, 1.82) is 5.26 Å². The molecule has 6 nitrogen and oxygen atoms in total. The Morgan fingerprint density at radius 3 is 2.50 bits per heavy atom. The first-order valence-electron chi connectivity index (χ1n) is 10.0. The monoisotopic (exact) mass is 407 g/mol. The molecule has 0 spiro atoms. The minimum Gasteiger partial charge on any atom is -0.451 e. The molecule has 158 valence electrons. The van der Waals surface area contributed by atoms with Crippen molar-refractivity contribution >= 4 is 23.6 Å². The number of ether oxygens (including phenoxy) is 1. The third-order valence-electron chi connectivity index (χ3n) is 5.03. The van der Waals surface area contributed by atoms with Crippen LogP contribution in [0.5, 0.6) is 0 Å². The van der Waals surface area contributed by atoms with Crippen molar-refractivity contribution in [2.24, 2.45) is 5.92 Å². The van der Waals surface area contributed by atoms with Crippen LogP contribution in [-0.2, 0) is 20.9 Å². The molecular formula is C24H29N3O3. The number of nitriles is 1. The number of hydrogen-bond acceptors (Lipinski definition) is 4. The molecule has 6 heteroatoms. The molecule has 2 aromatic rings. The first kappa shape index (κ1) is 23.0. The predicted molar refractivity (Wildman–Crippen MR) is 118 cm³/mol. The Morgan fingerprint density at radius 1 is 1.23 bits per heavy atom. The molecule has 2 rings (SSSR count). The standard InChI is InChI=1S/C24H29N3O3/c1-17(2)11-12-27-18(3)13-20(19(27)4)14-21(15-25)24(29)30-16-23(28)26(5)22-9-7-6-8-10-22/h6-10,13-14,17H,11-12,16H2,1-5H3/b21-14+. The van der Waals surface area contributed by atoms with Crippen LogP contribution >= 0.6 is 0 Å². The van der Waals surface area contributed by atoms with Crippen molar-refractivity contribution in [2.75, 3.05) is 18.6 Å². The van der Waals surface area contributed by atoms with Gasteiger partial charge < -0.3 is 14.2 Å². The van der Waals surface area contributed by atoms with Crippen molar-refractivity contribution in [3.8, 4) is 6.07 Å². The Bertz CT molecular complexity index is 966. The number of aromatic nitrogens is 1. The minimum absolute atomic E-state index is 0.130. The van der Waals surface area contributed by atoms with E-state index in [4.69, 9.17) is 4.74 Å². The van der Waals surface area contributed by atoms with Gasteiger partial charge in [0.1, 0.15) is 11.6 Å². The number of carbonyl (C=O) groups is 2. The van der Waals surface area contributed by atoms with Crippen LogP contribution in [-0.4, -0.2) is 30.1 Å². The van der Waals surface area contributed by atoms with Gasteiger partial charge in [-0.15, -0.1) is 0 Å². The zero-order chi connectivity index (χ0) is 22.3. The maximum absolute atomic E-state index is 12.4. The van der Waals surface area contributed by atoms with E-state index in [1.54, 1.807) is 19.2 Å². The van der Waals surface area contributed by atoms with Crippen LogP contribution in [0.3, 0.4) is 0 Å². The second-order valence-electron chi connectivity index (χ2n) is 7.69. The zero-order valence-electron chi connectivity index (χ0n) is 18.3. The number of anilines is 1. The van der Waals surface area contributed by atoms with E-state index in [-0.39, 0.29) is 11.5 Å². The summed E-state index contributed by atoms with van der Waals surface area (Å²) in [7, 11) is 1.61. The van der Waals surface area contributed by atoms with Gasteiger partial charge in [-0.05, 0) is 56.0 Å². The highest BCUT2D eigenvalue weighted by Crippen LogP contribution is 2.20. The molecule has 0 atom stereocenters. The molecule has 0 aliphatic heterocycles. The molecule has 0 aliphatic rings. The van der Waals surface area contributed by atoms with Crippen molar-refractivity contribution in [3.05, 3.63) is 58.9 Å². The van der Waals surface area contributed by atoms with Gasteiger partial charge in [0.15, 0.2) is 6.61 Å². The van der Waals surface area contributed by atoms with E-state index in [0.29, 0.717) is 11.6 Å². The number of rotatable bonds is 8. The zero-order valence-corrected chi connectivity index (χ0v) is 18.3. The number of likely N-dealkylation sites (N-methyl/N-ethyl adjacent to an activating group) is 1. The highest BCUT2D eigenvalue weighted by Gasteiger charge is 2.17. The van der Waals surface area contributed by atoms with E-state index in [1.165, 1.54) is 11.0 Å². The molecule has 0 N–H and O–H groups in total. The van der Waals surface area contributed by atoms with E-state index in [1.807, 2.05) is 44.2 Å². The average molecular weight is 408 g/mol. The summed E-state index contributed by atoms with van der Waals surface area (Å²) in [5.74, 6) is -0.598. The molecule has 0 aliphatic carbocycles. The van der Waals surface area contributed by atoms with Gasteiger partial charge >= 0.3 is 5.97 Å². The van der Waals surface area contributed by atoms with Gasteiger partial charge in [-0.25, -0.2) is 4.79 Å². The molecular weight excluding hydrogens is 378 g/mol. The molecule has 0 fully saturated rings. The molecule has 0 saturated heterocycles. The van der Waals surface area contributed by atoms with Crippen LogP contribution < -0.4 is 4.90 Å². The normalized spacial score (nSPS) is 11.3. The molecule has 0 bridgehead atoms. The highest BCUT2D eigenvalue weighted by molar-refractivity contribution is 6.00. The molecule has 0 saturated carbocycles. The lowest BCUT2D eigenvalue weighted by Crippen LogP contribution is -2.31. The van der Waals surface area contributed by atoms with Gasteiger partial charge in [-0.3, -0.25) is 4.79 Å². The van der Waals surface area contributed by atoms with Gasteiger partial charge in [0, 0.05) is 30.7 Å². The number of benzene rings is 1. The lowest BCUT2D eigenvalue weighted by atomic mass is 10.1. The molecule has 1 heterocycles. The Labute approximate surface area is 178 Å². The van der Waals surface area contributed by atoms with Gasteiger partial charge in [-0.2, -0.15) is 5.26 Å². The molecule has 0 unspecified atom stereocenters. The number of hydrogen-bond donors (Lipinski definition) is 0. The number of para-hydroxylation sites is 1. The summed E-state index contributed by atoms with van der Waals surface area (Å²) < 4.78 is 7.28. The van der Waals surface area contributed by atoms with Crippen molar-refractivity contribution < 1.29 is 14.3 Å². The first-order valence-corrected chi connectivity index (χ1v) is 10.0. The maximum Gasteiger partial charge on any atom is 0.349 e. The van der Waals surface area contributed by atoms with Crippen molar-refractivity contribution in [1.82, 2.24) is 4.57 Å². The lowest BCUT2D eigenvalue weighted by Gasteiger charge is -2.16. The summed E-state index contributed by atoms with van der Waals surface area (Å²) in [5.41, 5.74) is 3.44. The Balaban J connectivity index is 2.07. The van der Waals surface area contributed by atoms with E-state index in [2.05, 4.69) is 18.4 Å². The summed E-state index contributed by atoms with van der Waals surface area (Å²) in [6.45, 7) is 8.78. The van der Waals surface area contributed by atoms with Crippen molar-refractivity contribution in [3.63, 3.8) is 0 Å². The van der Waals surface area contributed by atoms with Crippen LogP contribution in [0.2, 0.25) is 0 Å². The second-order valence-corrected chi connectivity index (χ2v) is 7.69. The lowest BCUT2D eigenvalue weighted by molar-refractivity contribution is -0.143. The molecule has 1 amide bonds. The first-order chi connectivity index (χ1) is 14.2. The van der Waals surface area contributed by atoms with Crippen LogP contribution in [0.4, 0.5) is 5.69 Å². The highest BCUT2D eigenvalue weighted by atomic mass is 16.5. The van der Waals surface area contributed by atoms with Gasteiger partial charge in [-0.1, -0.05) is 32.0 Å². The summed E-state index contributed by atoms with van der Waals surface area (Å²) in [6.07, 6.45) is 2.58. The SMILES string of the molecule is Cc1cc(/C=C(\C#N)C(=O)OCC(=O)N(C)c2ccccc2)c(C)n1CCC(C)C. The van der Waals surface area contributed by atoms with E-state index >= 15 is 0 Å². The molecule has 30 heavy (non-hydrogen) atoms. The second kappa shape index (κ2) is 10.4. The number of nitrogens with zero attached hydrogens (tertiary/aromatic N) is 3. The summed E-state index contributed by atoms with van der Waals surface area (Å²) in [6, 6.07) is 12.9. The predicted octanol–water partition coefficient (Wildman–Crippen LogP) is 4.26. The van der Waals surface area contributed by atoms with Crippen LogP contribution in [0.1, 0.15) is 37.2 Å². The fraction of sp³-hybridized carbons (Fsp3) is 0.375. The number of carbonyl (C=O) groups excluding carboxylic acids is 2. The number of esters is 1. The molecule has 1 aromatic heterocycles. The van der Waals surface area contributed by atoms with Crippen molar-refractivity contribution in [2.45, 2.75) is 40.7 Å². The van der Waals surface area contributed by atoms with Gasteiger partial charge in [0.2, 0.25) is 0 Å². The maximum atomic E-state index is 12.4. The van der Waals surface area contributed by atoms with Crippen LogP contribution in [0.25, 0.3) is 6.08 Å². The number of amides is 1. The minimum atomic E-state index is -0.806. The Morgan fingerprint density at radius 2 is 1.90 bits per heavy atom. The van der Waals surface area contributed by atoms with E-state index < -0.39 is 12.6 Å². The largest absolute Gasteiger partial charge is 0.451 e. The third kappa shape index (κ3) is 5.84. The third-order valence-corrected chi connectivity index (χ3v) is 5.03. The number of aryl methyl sites for hydroxylation is 1.